The molecule has 62 valence electrons. The van der Waals surface area contributed by atoms with E-state index in [9.17, 15) is 9.18 Å². The highest BCUT2D eigenvalue weighted by molar-refractivity contribution is 5.85. The fourth-order valence-corrected chi connectivity index (χ4v) is 0.451. The zero-order valence-corrected chi connectivity index (χ0v) is 6.40. The van der Waals surface area contributed by atoms with Gasteiger partial charge in [0.1, 0.15) is 6.04 Å². The zero-order chi connectivity index (χ0) is 7.44. The second-order valence-corrected chi connectivity index (χ2v) is 1.96. The van der Waals surface area contributed by atoms with Crippen LogP contribution in [0.15, 0.2) is 0 Å². The number of hydrogen-bond acceptors (Lipinski definition) is 2. The Hall–Kier alpha value is -0.350. The Morgan fingerprint density at radius 3 is 2.30 bits per heavy atom. The molecule has 2 unspecified atom stereocenters. The third-order valence-corrected chi connectivity index (χ3v) is 0.896. The van der Waals surface area contributed by atoms with Crippen molar-refractivity contribution in [3.8, 4) is 0 Å². The second kappa shape index (κ2) is 5.44. The molecular formula is C5H11ClFNO2. The van der Waals surface area contributed by atoms with Gasteiger partial charge in [0.2, 0.25) is 0 Å². The number of halogens is 2. The van der Waals surface area contributed by atoms with Crippen LogP contribution in [-0.4, -0.2) is 23.3 Å². The van der Waals surface area contributed by atoms with Crippen molar-refractivity contribution in [1.82, 2.24) is 0 Å². The van der Waals surface area contributed by atoms with Gasteiger partial charge in [-0.05, 0) is 6.92 Å². The number of aliphatic carboxylic acids is 1. The van der Waals surface area contributed by atoms with Crippen molar-refractivity contribution in [3.05, 3.63) is 0 Å². The van der Waals surface area contributed by atoms with Crippen LogP contribution in [0.4, 0.5) is 4.39 Å². The predicted molar refractivity (Wildman–Crippen MR) is 38.0 cm³/mol. The van der Waals surface area contributed by atoms with Gasteiger partial charge < -0.3 is 10.8 Å². The zero-order valence-electron chi connectivity index (χ0n) is 5.58. The summed E-state index contributed by atoms with van der Waals surface area (Å²) in [6.45, 7) is 1.28. The lowest BCUT2D eigenvalue weighted by molar-refractivity contribution is -0.139. The van der Waals surface area contributed by atoms with E-state index in [4.69, 9.17) is 10.8 Å². The van der Waals surface area contributed by atoms with Crippen molar-refractivity contribution in [2.24, 2.45) is 5.73 Å². The van der Waals surface area contributed by atoms with Crippen LogP contribution in [0.25, 0.3) is 0 Å². The van der Waals surface area contributed by atoms with Crippen LogP contribution >= 0.6 is 12.4 Å². The van der Waals surface area contributed by atoms with E-state index in [-0.39, 0.29) is 18.8 Å². The first-order valence-corrected chi connectivity index (χ1v) is 2.66. The number of nitrogens with two attached hydrogens (primary N) is 1. The monoisotopic (exact) mass is 171 g/mol. The normalized spacial score (nSPS) is 15.1. The van der Waals surface area contributed by atoms with Gasteiger partial charge in [-0.1, -0.05) is 0 Å². The number of carboxylic acids is 1. The van der Waals surface area contributed by atoms with Gasteiger partial charge in [-0.25, -0.2) is 4.39 Å². The quantitative estimate of drug-likeness (QED) is 0.653. The predicted octanol–water partition coefficient (Wildman–Crippen LogP) is 0.568. The van der Waals surface area contributed by atoms with Crippen LogP contribution in [0.3, 0.4) is 0 Å². The Morgan fingerprint density at radius 1 is 1.80 bits per heavy atom. The number of hydrogen-bond donors (Lipinski definition) is 2. The van der Waals surface area contributed by atoms with Crippen LogP contribution in [0, 0.1) is 0 Å². The molecule has 0 aromatic rings. The van der Waals surface area contributed by atoms with E-state index in [0.717, 1.165) is 0 Å². The van der Waals surface area contributed by atoms with E-state index in [0.29, 0.717) is 0 Å². The van der Waals surface area contributed by atoms with Crippen LogP contribution < -0.4 is 5.73 Å². The molecule has 0 fully saturated rings. The lowest BCUT2D eigenvalue weighted by Gasteiger charge is -2.04. The summed E-state index contributed by atoms with van der Waals surface area (Å²) in [6.07, 6.45) is -1.26. The standard InChI is InChI=1S/C5H10FNO2.ClH/c1-3(6)2-4(7)5(8)9;/h3-4H,2,7H2,1H3,(H,8,9);1H. The summed E-state index contributed by atoms with van der Waals surface area (Å²) >= 11 is 0. The summed E-state index contributed by atoms with van der Waals surface area (Å²) in [6, 6.07) is -1.06. The third-order valence-electron chi connectivity index (χ3n) is 0.896. The van der Waals surface area contributed by atoms with Crippen LogP contribution in [0.2, 0.25) is 0 Å². The summed E-state index contributed by atoms with van der Waals surface area (Å²) in [4.78, 5) is 9.94. The summed E-state index contributed by atoms with van der Waals surface area (Å²) < 4.78 is 12.0. The summed E-state index contributed by atoms with van der Waals surface area (Å²) in [5, 5.41) is 8.14. The van der Waals surface area contributed by atoms with E-state index < -0.39 is 18.2 Å². The smallest absolute Gasteiger partial charge is 0.320 e. The fraction of sp³-hybridized carbons (Fsp3) is 0.800. The maximum absolute atomic E-state index is 12.0. The van der Waals surface area contributed by atoms with Crippen LogP contribution in [0.1, 0.15) is 13.3 Å². The molecule has 0 aliphatic heterocycles. The molecular weight excluding hydrogens is 161 g/mol. The van der Waals surface area contributed by atoms with E-state index >= 15 is 0 Å². The molecule has 0 radical (unpaired) electrons. The molecule has 0 aromatic carbocycles. The average molecular weight is 172 g/mol. The number of alkyl halides is 1. The molecule has 0 aromatic heterocycles. The Balaban J connectivity index is 0. The molecule has 0 saturated carbocycles. The molecule has 10 heavy (non-hydrogen) atoms. The Bertz CT molecular complexity index is 110. The minimum Gasteiger partial charge on any atom is -0.480 e. The van der Waals surface area contributed by atoms with E-state index in [1.54, 1.807) is 0 Å². The van der Waals surface area contributed by atoms with Crippen molar-refractivity contribution in [3.63, 3.8) is 0 Å². The summed E-state index contributed by atoms with van der Waals surface area (Å²) in [5.41, 5.74) is 4.98. The Kier molecular flexibility index (Phi) is 6.71. The van der Waals surface area contributed by atoms with E-state index in [2.05, 4.69) is 0 Å². The SMILES string of the molecule is CC(F)CC(N)C(=O)O.Cl. The molecule has 5 heteroatoms. The van der Waals surface area contributed by atoms with Gasteiger partial charge in [0.15, 0.2) is 0 Å². The minimum absolute atomic E-state index is 0. The van der Waals surface area contributed by atoms with Gasteiger partial charge in [0.05, 0.1) is 6.17 Å². The molecule has 2 atom stereocenters. The third kappa shape index (κ3) is 5.78. The first-order valence-electron chi connectivity index (χ1n) is 2.66. The lowest BCUT2D eigenvalue weighted by Crippen LogP contribution is -2.32. The highest BCUT2D eigenvalue weighted by Gasteiger charge is 2.14. The lowest BCUT2D eigenvalue weighted by atomic mass is 10.2. The van der Waals surface area contributed by atoms with Gasteiger partial charge in [0, 0.05) is 6.42 Å². The highest BCUT2D eigenvalue weighted by Crippen LogP contribution is 1.98. The van der Waals surface area contributed by atoms with Crippen molar-refractivity contribution in [1.29, 1.82) is 0 Å². The van der Waals surface area contributed by atoms with Crippen molar-refractivity contribution >= 4 is 18.4 Å². The molecule has 0 saturated heterocycles. The first-order chi connectivity index (χ1) is 4.04. The molecule has 0 amide bonds. The van der Waals surface area contributed by atoms with Crippen LogP contribution in [0.5, 0.6) is 0 Å². The second-order valence-electron chi connectivity index (χ2n) is 1.96. The van der Waals surface area contributed by atoms with Gasteiger partial charge >= 0.3 is 5.97 Å². The Morgan fingerprint density at radius 2 is 2.20 bits per heavy atom. The van der Waals surface area contributed by atoms with Crippen molar-refractivity contribution in [2.45, 2.75) is 25.6 Å². The maximum atomic E-state index is 12.0. The largest absolute Gasteiger partial charge is 0.480 e. The van der Waals surface area contributed by atoms with Crippen molar-refractivity contribution in [2.75, 3.05) is 0 Å². The summed E-state index contributed by atoms with van der Waals surface area (Å²) in [5.74, 6) is -1.15. The number of carbonyl (C=O) groups is 1. The minimum atomic E-state index is -1.15. The molecule has 3 N–H and O–H groups in total. The van der Waals surface area contributed by atoms with Crippen LogP contribution in [-0.2, 0) is 4.79 Å². The molecule has 0 heterocycles. The molecule has 0 bridgehead atoms. The number of rotatable bonds is 3. The molecule has 0 spiro atoms. The molecule has 0 aliphatic rings. The van der Waals surface area contributed by atoms with Gasteiger partial charge in [-0.15, -0.1) is 12.4 Å². The molecule has 0 rings (SSSR count). The average Bonchev–Trinajstić information content (AvgIpc) is 1.63. The van der Waals surface area contributed by atoms with Gasteiger partial charge in [0.25, 0.3) is 0 Å². The Labute approximate surface area is 64.8 Å². The van der Waals surface area contributed by atoms with E-state index in [1.807, 2.05) is 0 Å². The van der Waals surface area contributed by atoms with Gasteiger partial charge in [-0.3, -0.25) is 4.79 Å². The molecule has 0 aliphatic carbocycles. The van der Waals surface area contributed by atoms with Crippen molar-refractivity contribution < 1.29 is 14.3 Å². The topological polar surface area (TPSA) is 63.3 Å². The number of carboxylic acid groups (broad SMARTS) is 1. The first kappa shape index (κ1) is 12.3. The van der Waals surface area contributed by atoms with E-state index in [1.165, 1.54) is 6.92 Å². The summed E-state index contributed by atoms with van der Waals surface area (Å²) in [7, 11) is 0. The van der Waals surface area contributed by atoms with Gasteiger partial charge in [-0.2, -0.15) is 0 Å². The fourth-order valence-electron chi connectivity index (χ4n) is 0.451. The highest BCUT2D eigenvalue weighted by atomic mass is 35.5. The molecule has 3 nitrogen and oxygen atoms in total. The maximum Gasteiger partial charge on any atom is 0.320 e.